The second-order valence-electron chi connectivity index (χ2n) is 10.2. The topological polar surface area (TPSA) is 164 Å². The van der Waals surface area contributed by atoms with Gasteiger partial charge in [0, 0.05) is 11.5 Å². The zero-order valence-corrected chi connectivity index (χ0v) is 23.3. The van der Waals surface area contributed by atoms with Crippen molar-refractivity contribution in [3.8, 4) is 5.75 Å². The van der Waals surface area contributed by atoms with Crippen molar-refractivity contribution in [1.82, 2.24) is 15.6 Å². The number of esters is 2. The molecular formula is C28H32F3N3O8. The summed E-state index contributed by atoms with van der Waals surface area (Å²) in [7, 11) is 0. The number of phenolic OH excluding ortho intramolecular Hbond substituents is 1. The molecule has 1 aliphatic heterocycles. The summed E-state index contributed by atoms with van der Waals surface area (Å²) in [6, 6.07) is 2.76. The van der Waals surface area contributed by atoms with Crippen molar-refractivity contribution in [3.63, 3.8) is 0 Å². The van der Waals surface area contributed by atoms with E-state index in [0.717, 1.165) is 0 Å². The molecule has 11 nitrogen and oxygen atoms in total. The number of rotatable bonds is 6. The van der Waals surface area contributed by atoms with Crippen LogP contribution in [0.1, 0.15) is 50.0 Å². The number of aliphatic hydroxyl groups excluding tert-OH is 1. The van der Waals surface area contributed by atoms with Gasteiger partial charge < -0.3 is 30.3 Å². The lowest BCUT2D eigenvalue weighted by molar-refractivity contribution is -0.180. The van der Waals surface area contributed by atoms with Crippen LogP contribution in [0.25, 0.3) is 0 Å². The van der Waals surface area contributed by atoms with Crippen molar-refractivity contribution < 1.29 is 52.0 Å². The number of nitrogens with zero attached hydrogens (tertiary/aromatic N) is 1. The third-order valence-electron chi connectivity index (χ3n) is 7.15. The minimum atomic E-state index is -1.80. The maximum atomic E-state index is 14.4. The lowest BCUT2D eigenvalue weighted by Crippen LogP contribution is -2.59. The van der Waals surface area contributed by atoms with Gasteiger partial charge >= 0.3 is 11.9 Å². The fourth-order valence-electron chi connectivity index (χ4n) is 4.32. The normalized spacial score (nSPS) is 26.1. The quantitative estimate of drug-likeness (QED) is 0.289. The Morgan fingerprint density at radius 1 is 1.10 bits per heavy atom. The van der Waals surface area contributed by atoms with E-state index in [2.05, 4.69) is 15.6 Å². The number of carbonyl (C=O) groups is 4. The second kappa shape index (κ2) is 13.6. The summed E-state index contributed by atoms with van der Waals surface area (Å²) in [5, 5.41) is 26.0. The number of ether oxygens (including phenoxy) is 2. The molecule has 0 spiro atoms. The summed E-state index contributed by atoms with van der Waals surface area (Å²) in [5.41, 5.74) is -0.737. The van der Waals surface area contributed by atoms with Crippen LogP contribution in [0.3, 0.4) is 0 Å². The molecular weight excluding hydrogens is 563 g/mol. The number of pyridine rings is 1. The van der Waals surface area contributed by atoms with Crippen LogP contribution in [-0.4, -0.2) is 69.3 Å². The number of cyclic esters (lactones) is 2. The molecule has 3 rings (SSSR count). The van der Waals surface area contributed by atoms with Gasteiger partial charge in [-0.05, 0) is 44.9 Å². The van der Waals surface area contributed by atoms with Crippen molar-refractivity contribution in [3.05, 3.63) is 59.2 Å². The molecule has 1 saturated heterocycles. The molecule has 0 saturated carbocycles. The molecule has 1 aromatic carbocycles. The fourth-order valence-corrected chi connectivity index (χ4v) is 4.32. The third kappa shape index (κ3) is 7.35. The molecule has 1 fully saturated rings. The van der Waals surface area contributed by atoms with Crippen molar-refractivity contribution in [2.45, 2.75) is 70.9 Å². The van der Waals surface area contributed by atoms with E-state index in [0.29, 0.717) is 12.5 Å². The highest BCUT2D eigenvalue weighted by Crippen LogP contribution is 2.23. The summed E-state index contributed by atoms with van der Waals surface area (Å²) in [4.78, 5) is 55.4. The van der Waals surface area contributed by atoms with Crippen LogP contribution in [0, 0.1) is 29.5 Å². The van der Waals surface area contributed by atoms with Gasteiger partial charge in [0.25, 0.3) is 11.9 Å². The van der Waals surface area contributed by atoms with Gasteiger partial charge in [-0.1, -0.05) is 26.0 Å². The summed E-state index contributed by atoms with van der Waals surface area (Å²) >= 11 is 0. The number of aliphatic hydroxyl groups is 1. The SMILES string of the molecule is CCC(C)C1OC(=O)[C@H](C)[C@H](O)[C@H](Cc2cc(F)c(F)nc2F)NC(=O)[C@@H](NC(=O)c2ccccc2O)[C@@H](C)OC1=O. The van der Waals surface area contributed by atoms with E-state index in [4.69, 9.17) is 9.47 Å². The molecule has 42 heavy (non-hydrogen) atoms. The number of hydrogen-bond acceptors (Lipinski definition) is 9. The van der Waals surface area contributed by atoms with E-state index >= 15 is 0 Å². The molecule has 2 unspecified atom stereocenters. The Morgan fingerprint density at radius 3 is 2.40 bits per heavy atom. The van der Waals surface area contributed by atoms with Crippen LogP contribution < -0.4 is 10.6 Å². The van der Waals surface area contributed by atoms with Crippen LogP contribution in [0.4, 0.5) is 13.2 Å². The summed E-state index contributed by atoms with van der Waals surface area (Å²) in [5.74, 6) is -11.0. The number of nitrogens with one attached hydrogen (secondary N) is 2. The first kappa shape index (κ1) is 32.3. The van der Waals surface area contributed by atoms with E-state index in [9.17, 15) is 42.6 Å². The number of phenols is 1. The highest BCUT2D eigenvalue weighted by atomic mass is 19.2. The van der Waals surface area contributed by atoms with Gasteiger partial charge in [-0.3, -0.25) is 14.4 Å². The molecule has 7 atom stereocenters. The zero-order valence-electron chi connectivity index (χ0n) is 23.3. The first-order chi connectivity index (χ1) is 19.7. The largest absolute Gasteiger partial charge is 0.507 e. The van der Waals surface area contributed by atoms with E-state index in [1.165, 1.54) is 38.1 Å². The highest BCUT2D eigenvalue weighted by molar-refractivity contribution is 6.00. The Morgan fingerprint density at radius 2 is 1.76 bits per heavy atom. The van der Waals surface area contributed by atoms with Crippen LogP contribution in [0.5, 0.6) is 5.75 Å². The molecule has 0 bridgehead atoms. The Hall–Kier alpha value is -4.20. The monoisotopic (exact) mass is 595 g/mol. The summed E-state index contributed by atoms with van der Waals surface area (Å²) < 4.78 is 52.6. The van der Waals surface area contributed by atoms with Crippen LogP contribution in [-0.2, 0) is 30.3 Å². The van der Waals surface area contributed by atoms with Crippen molar-refractivity contribution >= 4 is 23.8 Å². The Bertz CT molecular complexity index is 1340. The third-order valence-corrected chi connectivity index (χ3v) is 7.15. The number of amides is 2. The van der Waals surface area contributed by atoms with E-state index in [1.54, 1.807) is 13.8 Å². The van der Waals surface area contributed by atoms with E-state index in [-0.39, 0.29) is 5.56 Å². The molecule has 2 amide bonds. The minimum Gasteiger partial charge on any atom is -0.507 e. The van der Waals surface area contributed by atoms with Crippen molar-refractivity contribution in [2.24, 2.45) is 11.8 Å². The Balaban J connectivity index is 2.05. The average molecular weight is 596 g/mol. The van der Waals surface area contributed by atoms with Gasteiger partial charge in [-0.15, -0.1) is 0 Å². The van der Waals surface area contributed by atoms with Gasteiger partial charge in [0.2, 0.25) is 18.0 Å². The lowest BCUT2D eigenvalue weighted by Gasteiger charge is -2.34. The molecule has 0 aliphatic carbocycles. The van der Waals surface area contributed by atoms with Gasteiger partial charge in [-0.2, -0.15) is 13.8 Å². The molecule has 228 valence electrons. The van der Waals surface area contributed by atoms with Crippen LogP contribution >= 0.6 is 0 Å². The van der Waals surface area contributed by atoms with Gasteiger partial charge in [0.15, 0.2) is 5.82 Å². The van der Waals surface area contributed by atoms with Gasteiger partial charge in [0.1, 0.15) is 17.9 Å². The van der Waals surface area contributed by atoms with Crippen molar-refractivity contribution in [1.29, 1.82) is 0 Å². The summed E-state index contributed by atoms with van der Waals surface area (Å²) in [6.45, 7) is 5.86. The van der Waals surface area contributed by atoms with Gasteiger partial charge in [-0.25, -0.2) is 9.18 Å². The van der Waals surface area contributed by atoms with E-state index < -0.39 is 101 Å². The fraction of sp³-hybridized carbons (Fsp3) is 0.464. The summed E-state index contributed by atoms with van der Waals surface area (Å²) in [6.07, 6.45) is -4.93. The van der Waals surface area contributed by atoms with Crippen LogP contribution in [0.15, 0.2) is 30.3 Å². The molecule has 1 aromatic heterocycles. The van der Waals surface area contributed by atoms with Crippen LogP contribution in [0.2, 0.25) is 0 Å². The predicted molar refractivity (Wildman–Crippen MR) is 139 cm³/mol. The predicted octanol–water partition coefficient (Wildman–Crippen LogP) is 1.93. The number of aromatic hydroxyl groups is 1. The first-order valence-corrected chi connectivity index (χ1v) is 13.2. The first-order valence-electron chi connectivity index (χ1n) is 13.2. The maximum absolute atomic E-state index is 14.4. The maximum Gasteiger partial charge on any atom is 0.348 e. The molecule has 4 N–H and O–H groups in total. The highest BCUT2D eigenvalue weighted by Gasteiger charge is 2.41. The smallest absolute Gasteiger partial charge is 0.348 e. The minimum absolute atomic E-state index is 0.207. The Labute approximate surface area is 239 Å². The van der Waals surface area contributed by atoms with Crippen molar-refractivity contribution in [2.75, 3.05) is 0 Å². The lowest BCUT2D eigenvalue weighted by atomic mass is 9.92. The van der Waals surface area contributed by atoms with Gasteiger partial charge in [0.05, 0.1) is 23.6 Å². The molecule has 14 heteroatoms. The Kier molecular flexibility index (Phi) is 10.5. The zero-order chi connectivity index (χ0) is 31.3. The number of carbonyl (C=O) groups excluding carboxylic acids is 4. The average Bonchev–Trinajstić information content (AvgIpc) is 2.94. The second-order valence-corrected chi connectivity index (χ2v) is 10.2. The molecule has 2 heterocycles. The number of benzene rings is 1. The number of para-hydroxylation sites is 1. The number of halogens is 3. The molecule has 1 aliphatic rings. The number of aromatic nitrogens is 1. The molecule has 2 aromatic rings. The van der Waals surface area contributed by atoms with E-state index in [1.807, 2.05) is 0 Å². The molecule has 0 radical (unpaired) electrons. The number of hydrogen-bond donors (Lipinski definition) is 4. The standard InChI is InChI=1S/C28H32F3N3O8/c1-5-12(2)22-28(40)41-14(4)20(33-25(37)16-8-6-7-9-19(16)35)26(38)32-18(21(36)13(3)27(39)42-22)11-15-10-17(29)24(31)34-23(15)30/h6-10,12-14,18,20-22,35-36H,5,11H2,1-4H3,(H,32,38)(H,33,37)/t12?,13-,14-,18+,20+,21+,22?/m1/s1.